The summed E-state index contributed by atoms with van der Waals surface area (Å²) in [7, 11) is 0. The van der Waals surface area contributed by atoms with Crippen LogP contribution in [-0.4, -0.2) is 37.3 Å². The summed E-state index contributed by atoms with van der Waals surface area (Å²) >= 11 is 0. The zero-order valence-corrected chi connectivity index (χ0v) is 13.0. The van der Waals surface area contributed by atoms with Gasteiger partial charge in [0.15, 0.2) is 11.6 Å². The molecule has 0 aliphatic rings. The van der Waals surface area contributed by atoms with Gasteiger partial charge in [-0.1, -0.05) is 12.0 Å². The summed E-state index contributed by atoms with van der Waals surface area (Å²) in [6, 6.07) is 4.95. The maximum Gasteiger partial charge on any atom is 0.165 e. The first-order chi connectivity index (χ1) is 9.56. The topological polar surface area (TPSA) is 9.23 Å². The fraction of sp³-hybridized carbons (Fsp3) is 0.529. The molecule has 0 fully saturated rings. The third kappa shape index (κ3) is 4.54. The zero-order chi connectivity index (χ0) is 15.0. The van der Waals surface area contributed by atoms with Gasteiger partial charge in [0, 0.05) is 0 Å². The lowest BCUT2D eigenvalue weighted by Crippen LogP contribution is -2.47. The van der Waals surface area contributed by atoms with E-state index < -0.39 is 0 Å². The quantitative estimate of drug-likeness (QED) is 0.572. The van der Waals surface area contributed by atoms with E-state index in [-0.39, 0.29) is 18.2 Å². The average Bonchev–Trinajstić information content (AvgIpc) is 2.45. The van der Waals surface area contributed by atoms with Crippen LogP contribution in [0.2, 0.25) is 0 Å². The molecule has 0 amide bonds. The molecule has 20 heavy (non-hydrogen) atoms. The molecule has 1 aromatic carbocycles. The normalized spacial score (nSPS) is 10.8. The van der Waals surface area contributed by atoms with Crippen molar-refractivity contribution in [1.82, 2.24) is 0 Å². The second-order valence-electron chi connectivity index (χ2n) is 5.02. The van der Waals surface area contributed by atoms with Gasteiger partial charge in [-0.2, -0.15) is 0 Å². The minimum atomic E-state index is -0.326. The first kappa shape index (κ1) is 16.5. The fourth-order valence-electron chi connectivity index (χ4n) is 2.12. The molecule has 0 bridgehead atoms. The fourth-order valence-corrected chi connectivity index (χ4v) is 2.12. The molecule has 0 radical (unpaired) electrons. The standard InChI is InChI=1S/C17H25FNO/c1-5-19(6-2,7-3)12-8-9-13-20-17-11-10-15(4)14-16(17)18/h10-11,14H,5-7,12-13H2,1-4H3/q+1. The third-order valence-corrected chi connectivity index (χ3v) is 3.94. The van der Waals surface area contributed by atoms with Gasteiger partial charge in [0.1, 0.15) is 13.2 Å². The molecule has 110 valence electrons. The smallest absolute Gasteiger partial charge is 0.165 e. The molecule has 0 aliphatic carbocycles. The molecule has 1 rings (SSSR count). The van der Waals surface area contributed by atoms with Crippen molar-refractivity contribution >= 4 is 0 Å². The van der Waals surface area contributed by atoms with Gasteiger partial charge in [-0.25, -0.2) is 4.39 Å². The summed E-state index contributed by atoms with van der Waals surface area (Å²) in [4.78, 5) is 0. The van der Waals surface area contributed by atoms with Gasteiger partial charge in [0.2, 0.25) is 0 Å². The van der Waals surface area contributed by atoms with Crippen LogP contribution in [-0.2, 0) is 0 Å². The van der Waals surface area contributed by atoms with Crippen molar-refractivity contribution in [3.8, 4) is 17.6 Å². The van der Waals surface area contributed by atoms with Crippen molar-refractivity contribution < 1.29 is 13.6 Å². The first-order valence-electron chi connectivity index (χ1n) is 7.26. The maximum atomic E-state index is 13.5. The predicted molar refractivity (Wildman–Crippen MR) is 81.2 cm³/mol. The lowest BCUT2D eigenvalue weighted by Gasteiger charge is -2.33. The Morgan fingerprint density at radius 1 is 1.10 bits per heavy atom. The lowest BCUT2D eigenvalue weighted by molar-refractivity contribution is -0.916. The van der Waals surface area contributed by atoms with Crippen molar-refractivity contribution in [2.75, 3.05) is 32.8 Å². The summed E-state index contributed by atoms with van der Waals surface area (Å²) in [6.07, 6.45) is 0. The Hall–Kier alpha value is -1.53. The van der Waals surface area contributed by atoms with E-state index in [1.165, 1.54) is 6.07 Å². The highest BCUT2D eigenvalue weighted by molar-refractivity contribution is 5.28. The van der Waals surface area contributed by atoms with E-state index in [0.717, 1.165) is 36.2 Å². The van der Waals surface area contributed by atoms with Gasteiger partial charge < -0.3 is 9.22 Å². The van der Waals surface area contributed by atoms with Crippen molar-refractivity contribution in [1.29, 1.82) is 0 Å². The number of ether oxygens (including phenoxy) is 1. The summed E-state index contributed by atoms with van der Waals surface area (Å²) < 4.78 is 19.9. The molecule has 0 spiro atoms. The predicted octanol–water partition coefficient (Wildman–Crippen LogP) is 3.39. The van der Waals surface area contributed by atoms with E-state index in [0.29, 0.717) is 0 Å². The van der Waals surface area contributed by atoms with E-state index in [9.17, 15) is 4.39 Å². The van der Waals surface area contributed by atoms with Gasteiger partial charge in [0.25, 0.3) is 0 Å². The van der Waals surface area contributed by atoms with Crippen molar-refractivity contribution in [2.45, 2.75) is 27.7 Å². The van der Waals surface area contributed by atoms with Crippen LogP contribution in [0.5, 0.6) is 5.75 Å². The zero-order valence-electron chi connectivity index (χ0n) is 13.0. The molecule has 0 aliphatic heterocycles. The van der Waals surface area contributed by atoms with Crippen LogP contribution in [0.15, 0.2) is 18.2 Å². The molecule has 0 N–H and O–H groups in total. The average molecular weight is 278 g/mol. The molecule has 0 atom stereocenters. The number of rotatable bonds is 6. The van der Waals surface area contributed by atoms with Crippen LogP contribution in [0.3, 0.4) is 0 Å². The van der Waals surface area contributed by atoms with E-state index in [2.05, 4.69) is 32.6 Å². The Kier molecular flexibility index (Phi) is 6.54. The van der Waals surface area contributed by atoms with Gasteiger partial charge in [-0.3, -0.25) is 0 Å². The molecule has 0 unspecified atom stereocenters. The Labute approximate surface area is 122 Å². The summed E-state index contributed by atoms with van der Waals surface area (Å²) in [5.74, 6) is 6.08. The van der Waals surface area contributed by atoms with E-state index in [1.54, 1.807) is 6.07 Å². The highest BCUT2D eigenvalue weighted by Crippen LogP contribution is 2.17. The SMILES string of the molecule is CC[N+](CC)(CC)CC#CCOc1ccc(C)cc1F. The summed E-state index contributed by atoms with van der Waals surface area (Å²) in [5.41, 5.74) is 0.886. The highest BCUT2D eigenvalue weighted by atomic mass is 19.1. The molecule has 3 heteroatoms. The van der Waals surface area contributed by atoms with E-state index >= 15 is 0 Å². The molecule has 0 aromatic heterocycles. The van der Waals surface area contributed by atoms with E-state index in [1.807, 2.05) is 13.0 Å². The number of quaternary nitrogens is 1. The van der Waals surface area contributed by atoms with Gasteiger partial charge in [0.05, 0.1) is 19.6 Å². The summed E-state index contributed by atoms with van der Waals surface area (Å²) in [6.45, 7) is 12.7. The Balaban J connectivity index is 2.51. The molecule has 0 saturated carbocycles. The number of nitrogens with zero attached hydrogens (tertiary/aromatic N) is 1. The number of halogens is 1. The number of hydrogen-bond donors (Lipinski definition) is 0. The molecule has 0 heterocycles. The Morgan fingerprint density at radius 2 is 1.75 bits per heavy atom. The molecule has 1 aromatic rings. The van der Waals surface area contributed by atoms with Crippen LogP contribution in [0.4, 0.5) is 4.39 Å². The number of benzene rings is 1. The maximum absolute atomic E-state index is 13.5. The number of aryl methyl sites for hydroxylation is 1. The van der Waals surface area contributed by atoms with Gasteiger partial charge >= 0.3 is 0 Å². The van der Waals surface area contributed by atoms with Crippen LogP contribution in [0.25, 0.3) is 0 Å². The summed E-state index contributed by atoms with van der Waals surface area (Å²) in [5, 5.41) is 0. The monoisotopic (exact) mass is 278 g/mol. The first-order valence-corrected chi connectivity index (χ1v) is 7.26. The minimum Gasteiger partial charge on any atom is -0.478 e. The third-order valence-electron chi connectivity index (χ3n) is 3.94. The minimum absolute atomic E-state index is 0.233. The molecular weight excluding hydrogens is 253 g/mol. The largest absolute Gasteiger partial charge is 0.478 e. The van der Waals surface area contributed by atoms with Gasteiger partial charge in [-0.15, -0.1) is 0 Å². The number of hydrogen-bond acceptors (Lipinski definition) is 1. The molecular formula is C17H25FNO+. The van der Waals surface area contributed by atoms with Crippen LogP contribution in [0.1, 0.15) is 26.3 Å². The second-order valence-corrected chi connectivity index (χ2v) is 5.02. The van der Waals surface area contributed by atoms with Crippen LogP contribution < -0.4 is 4.74 Å². The van der Waals surface area contributed by atoms with Gasteiger partial charge in [-0.05, 0) is 51.3 Å². The van der Waals surface area contributed by atoms with Crippen molar-refractivity contribution in [3.05, 3.63) is 29.6 Å². The van der Waals surface area contributed by atoms with Crippen molar-refractivity contribution in [2.24, 2.45) is 0 Å². The van der Waals surface area contributed by atoms with E-state index in [4.69, 9.17) is 4.74 Å². The second kappa shape index (κ2) is 7.91. The van der Waals surface area contributed by atoms with Crippen LogP contribution >= 0.6 is 0 Å². The highest BCUT2D eigenvalue weighted by Gasteiger charge is 2.18. The van der Waals surface area contributed by atoms with Crippen LogP contribution in [0, 0.1) is 24.6 Å². The van der Waals surface area contributed by atoms with Crippen molar-refractivity contribution in [3.63, 3.8) is 0 Å². The Morgan fingerprint density at radius 3 is 2.30 bits per heavy atom. The lowest BCUT2D eigenvalue weighted by atomic mass is 10.2. The Bertz CT molecular complexity index is 475. The molecule has 0 saturated heterocycles. The molecule has 2 nitrogen and oxygen atoms in total.